The lowest BCUT2D eigenvalue weighted by molar-refractivity contribution is -0.122. The molecular weight excluding hydrogens is 491 g/mol. The van der Waals surface area contributed by atoms with Crippen LogP contribution >= 0.6 is 11.8 Å². The van der Waals surface area contributed by atoms with Crippen LogP contribution in [0.25, 0.3) is 16.8 Å². The molecule has 0 spiro atoms. The SMILES string of the molecule is CN1CC[C@@H](Nc2ccc3n4c(c(-c5coc(CNC(=O)C6CC6)n5)cc24)SC(F)(F)CC3)[C@@H](F)C1. The molecule has 3 aromatic heterocycles. The van der Waals surface area contributed by atoms with E-state index in [2.05, 4.69) is 15.6 Å². The maximum atomic E-state index is 14.8. The van der Waals surface area contributed by atoms with E-state index in [1.807, 2.05) is 34.5 Å². The van der Waals surface area contributed by atoms with E-state index < -0.39 is 11.4 Å². The predicted octanol–water partition coefficient (Wildman–Crippen LogP) is 4.71. The third kappa shape index (κ3) is 4.58. The van der Waals surface area contributed by atoms with Crippen LogP contribution in [-0.4, -0.2) is 57.8 Å². The third-order valence-corrected chi connectivity index (χ3v) is 8.25. The summed E-state index contributed by atoms with van der Waals surface area (Å²) in [5, 5.41) is 3.59. The Balaban J connectivity index is 1.36. The van der Waals surface area contributed by atoms with Gasteiger partial charge in [0.05, 0.1) is 28.8 Å². The standard InChI is InChI=1S/C25H28F3N5O2S/c1-32-9-7-18(17(26)12-32)30-19-5-4-15-6-8-25(27,28)36-24-16(10-21(19)33(15)24)20-13-35-22(31-20)11-29-23(34)14-2-3-14/h4-5,10,13-14,17-18,30H,2-3,6-9,11-12H2,1H3,(H,29,34)/t17-,18+/m0/s1. The highest BCUT2D eigenvalue weighted by Crippen LogP contribution is 2.48. The molecule has 7 nitrogen and oxygen atoms in total. The smallest absolute Gasteiger partial charge is 0.299 e. The molecule has 3 aliphatic rings. The summed E-state index contributed by atoms with van der Waals surface area (Å²) in [5.74, 6) is 0.365. The zero-order chi connectivity index (χ0) is 25.0. The van der Waals surface area contributed by atoms with Gasteiger partial charge in [-0.25, -0.2) is 9.37 Å². The fraction of sp³-hybridized carbons (Fsp3) is 0.520. The van der Waals surface area contributed by atoms with Gasteiger partial charge in [0.1, 0.15) is 18.1 Å². The molecule has 36 heavy (non-hydrogen) atoms. The minimum atomic E-state index is -2.95. The molecule has 1 aliphatic carbocycles. The first-order valence-corrected chi connectivity index (χ1v) is 13.1. The molecule has 0 unspecified atom stereocenters. The fourth-order valence-corrected chi connectivity index (χ4v) is 6.04. The first kappa shape index (κ1) is 23.7. The molecule has 11 heteroatoms. The van der Waals surface area contributed by atoms with Crippen molar-refractivity contribution in [3.63, 3.8) is 0 Å². The number of hydrogen-bond acceptors (Lipinski definition) is 6. The Bertz CT molecular complexity index is 1300. The molecule has 6 rings (SSSR count). The second-order valence-corrected chi connectivity index (χ2v) is 11.2. The van der Waals surface area contributed by atoms with Crippen molar-refractivity contribution in [3.8, 4) is 11.3 Å². The quantitative estimate of drug-likeness (QED) is 0.492. The molecule has 0 aromatic carbocycles. The molecule has 1 saturated carbocycles. The van der Waals surface area contributed by atoms with Gasteiger partial charge < -0.3 is 24.4 Å². The van der Waals surface area contributed by atoms with Gasteiger partial charge in [-0.1, -0.05) is 0 Å². The van der Waals surface area contributed by atoms with Crippen LogP contribution in [0.3, 0.4) is 0 Å². The van der Waals surface area contributed by atoms with Gasteiger partial charge in [0.2, 0.25) is 11.8 Å². The highest BCUT2D eigenvalue weighted by Gasteiger charge is 2.37. The number of alkyl halides is 3. The number of aromatic nitrogens is 2. The van der Waals surface area contributed by atoms with Crippen molar-refractivity contribution < 1.29 is 22.4 Å². The molecule has 0 bridgehead atoms. The molecule has 3 aromatic rings. The maximum absolute atomic E-state index is 14.8. The number of hydrogen-bond donors (Lipinski definition) is 2. The summed E-state index contributed by atoms with van der Waals surface area (Å²) in [6.07, 6.45) is 2.79. The second-order valence-electron chi connectivity index (χ2n) is 10.00. The van der Waals surface area contributed by atoms with Crippen molar-refractivity contribution in [1.82, 2.24) is 19.6 Å². The number of carbonyl (C=O) groups is 1. The Labute approximate surface area is 210 Å². The lowest BCUT2D eigenvalue weighted by Gasteiger charge is -2.33. The Morgan fingerprint density at radius 3 is 2.92 bits per heavy atom. The number of piperidine rings is 1. The highest BCUT2D eigenvalue weighted by molar-refractivity contribution is 8.00. The van der Waals surface area contributed by atoms with E-state index in [1.165, 1.54) is 6.26 Å². The van der Waals surface area contributed by atoms with E-state index in [0.717, 1.165) is 25.1 Å². The lowest BCUT2D eigenvalue weighted by Crippen LogP contribution is -2.46. The van der Waals surface area contributed by atoms with Crippen LogP contribution in [0.5, 0.6) is 0 Å². The van der Waals surface area contributed by atoms with Crippen molar-refractivity contribution in [2.45, 2.75) is 61.1 Å². The van der Waals surface area contributed by atoms with Crippen molar-refractivity contribution in [1.29, 1.82) is 0 Å². The van der Waals surface area contributed by atoms with Crippen LogP contribution in [0, 0.1) is 5.92 Å². The molecule has 5 heterocycles. The number of aryl methyl sites for hydroxylation is 1. The Kier molecular flexibility index (Phi) is 5.94. The minimum Gasteiger partial charge on any atom is -0.446 e. The molecule has 2 aliphatic heterocycles. The van der Waals surface area contributed by atoms with Gasteiger partial charge in [0.25, 0.3) is 5.25 Å². The first-order valence-electron chi connectivity index (χ1n) is 12.3. The Morgan fingerprint density at radius 1 is 1.31 bits per heavy atom. The number of nitrogens with one attached hydrogen (secondary N) is 2. The van der Waals surface area contributed by atoms with Crippen LogP contribution in [0.1, 0.15) is 37.3 Å². The fourth-order valence-electron chi connectivity index (χ4n) is 4.97. The molecule has 2 N–H and O–H groups in total. The average molecular weight is 520 g/mol. The number of halogens is 3. The van der Waals surface area contributed by atoms with Gasteiger partial charge >= 0.3 is 0 Å². The van der Waals surface area contributed by atoms with Gasteiger partial charge in [0.15, 0.2) is 0 Å². The zero-order valence-corrected chi connectivity index (χ0v) is 20.7. The summed E-state index contributed by atoms with van der Waals surface area (Å²) in [6, 6.07) is 5.17. The normalized spacial score (nSPS) is 24.0. The van der Waals surface area contributed by atoms with Crippen molar-refractivity contribution >= 4 is 28.9 Å². The summed E-state index contributed by atoms with van der Waals surface area (Å²) >= 11 is 0.521. The van der Waals surface area contributed by atoms with E-state index >= 15 is 0 Å². The topological polar surface area (TPSA) is 74.8 Å². The number of anilines is 1. The molecule has 2 fully saturated rings. The number of nitrogens with zero attached hydrogens (tertiary/aromatic N) is 3. The van der Waals surface area contributed by atoms with E-state index in [4.69, 9.17) is 4.42 Å². The summed E-state index contributed by atoms with van der Waals surface area (Å²) in [7, 11) is 1.90. The minimum absolute atomic E-state index is 0.0217. The van der Waals surface area contributed by atoms with E-state index in [9.17, 15) is 18.0 Å². The Hall–Kier alpha value is -2.66. The largest absolute Gasteiger partial charge is 0.446 e. The van der Waals surface area contributed by atoms with Crippen molar-refractivity contribution in [2.75, 3.05) is 25.5 Å². The number of pyridine rings is 1. The molecular formula is C25H28F3N5O2S. The van der Waals surface area contributed by atoms with Gasteiger partial charge in [-0.05, 0) is 62.7 Å². The molecule has 1 amide bonds. The highest BCUT2D eigenvalue weighted by atomic mass is 32.2. The number of oxazole rings is 1. The predicted molar refractivity (Wildman–Crippen MR) is 131 cm³/mol. The molecule has 0 radical (unpaired) electrons. The van der Waals surface area contributed by atoms with E-state index in [-0.39, 0.29) is 37.3 Å². The lowest BCUT2D eigenvalue weighted by atomic mass is 10.0. The maximum Gasteiger partial charge on any atom is 0.299 e. The van der Waals surface area contributed by atoms with Gasteiger partial charge in [-0.2, -0.15) is 8.78 Å². The molecule has 2 atom stereocenters. The van der Waals surface area contributed by atoms with E-state index in [1.54, 1.807) is 0 Å². The Morgan fingerprint density at radius 2 is 2.14 bits per heavy atom. The third-order valence-electron chi connectivity index (χ3n) is 7.15. The summed E-state index contributed by atoms with van der Waals surface area (Å²) in [6.45, 7) is 1.28. The van der Waals surface area contributed by atoms with Gasteiger partial charge in [-0.15, -0.1) is 0 Å². The van der Waals surface area contributed by atoms with Crippen LogP contribution in [-0.2, 0) is 17.8 Å². The zero-order valence-electron chi connectivity index (χ0n) is 19.9. The van der Waals surface area contributed by atoms with Crippen LogP contribution < -0.4 is 10.6 Å². The summed E-state index contributed by atoms with van der Waals surface area (Å²) in [5.41, 5.74) is 3.13. The number of thioether (sulfide) groups is 1. The number of amides is 1. The van der Waals surface area contributed by atoms with Crippen molar-refractivity contribution in [3.05, 3.63) is 36.0 Å². The average Bonchev–Trinajstić information content (AvgIpc) is 3.51. The molecule has 1 saturated heterocycles. The molecule has 192 valence electrons. The monoisotopic (exact) mass is 519 g/mol. The number of carbonyl (C=O) groups excluding carboxylic acids is 1. The number of likely N-dealkylation sites (tertiary alicyclic amines) is 1. The first-order chi connectivity index (χ1) is 17.3. The van der Waals surface area contributed by atoms with Gasteiger partial charge in [-0.3, -0.25) is 4.79 Å². The van der Waals surface area contributed by atoms with E-state index in [0.29, 0.717) is 58.1 Å². The van der Waals surface area contributed by atoms with Crippen LogP contribution in [0.15, 0.2) is 33.9 Å². The summed E-state index contributed by atoms with van der Waals surface area (Å²) in [4.78, 5) is 18.4. The van der Waals surface area contributed by atoms with Crippen molar-refractivity contribution in [2.24, 2.45) is 5.92 Å². The summed E-state index contributed by atoms with van der Waals surface area (Å²) < 4.78 is 51.7. The second kappa shape index (κ2) is 9.02. The van der Waals surface area contributed by atoms with Crippen LogP contribution in [0.4, 0.5) is 18.9 Å². The van der Waals surface area contributed by atoms with Gasteiger partial charge in [0, 0.05) is 36.7 Å². The van der Waals surface area contributed by atoms with Crippen LogP contribution in [0.2, 0.25) is 0 Å². The number of rotatable bonds is 6.